The van der Waals surface area contributed by atoms with E-state index < -0.39 is 23.7 Å². The second-order valence-corrected chi connectivity index (χ2v) is 6.61. The van der Waals surface area contributed by atoms with Crippen LogP contribution >= 0.6 is 11.6 Å². The van der Waals surface area contributed by atoms with Gasteiger partial charge in [0.05, 0.1) is 24.4 Å². The number of hydrogen-bond donors (Lipinski definition) is 1. The molecule has 0 aliphatic heterocycles. The van der Waals surface area contributed by atoms with Crippen molar-refractivity contribution >= 4 is 17.5 Å². The van der Waals surface area contributed by atoms with E-state index in [0.29, 0.717) is 23.0 Å². The number of benzene rings is 1. The molecule has 0 aliphatic carbocycles. The Hall–Kier alpha value is -3.27. The van der Waals surface area contributed by atoms with Crippen molar-refractivity contribution < 1.29 is 22.7 Å². The Kier molecular flexibility index (Phi) is 6.16. The van der Waals surface area contributed by atoms with Crippen LogP contribution in [-0.4, -0.2) is 33.2 Å². The highest BCUT2D eigenvalue weighted by Crippen LogP contribution is 2.32. The number of aromatic nitrogens is 4. The molecule has 0 radical (unpaired) electrons. The lowest BCUT2D eigenvalue weighted by Crippen LogP contribution is -2.28. The Labute approximate surface area is 174 Å². The third kappa shape index (κ3) is 4.82. The monoisotopic (exact) mass is 437 g/mol. The van der Waals surface area contributed by atoms with Gasteiger partial charge in [-0.3, -0.25) is 14.8 Å². The third-order valence-electron chi connectivity index (χ3n) is 4.06. The maximum atomic E-state index is 13.0. The highest BCUT2D eigenvalue weighted by Gasteiger charge is 2.32. The summed E-state index contributed by atoms with van der Waals surface area (Å²) in [6.07, 6.45) is -1.75. The number of amides is 1. The van der Waals surface area contributed by atoms with Crippen LogP contribution < -0.4 is 10.1 Å². The fourth-order valence-electron chi connectivity index (χ4n) is 2.65. The van der Waals surface area contributed by atoms with Crippen molar-refractivity contribution in [1.82, 2.24) is 25.5 Å². The maximum Gasteiger partial charge on any atom is 0.416 e. The normalized spacial score (nSPS) is 12.3. The molecule has 30 heavy (non-hydrogen) atoms. The predicted molar refractivity (Wildman–Crippen MR) is 102 cm³/mol. The molecule has 7 nitrogen and oxygen atoms in total. The van der Waals surface area contributed by atoms with Gasteiger partial charge in [0.2, 0.25) is 5.88 Å². The molecule has 3 rings (SSSR count). The van der Waals surface area contributed by atoms with Crippen LogP contribution in [0.25, 0.3) is 11.4 Å². The number of halogens is 4. The summed E-state index contributed by atoms with van der Waals surface area (Å²) in [4.78, 5) is 21.0. The van der Waals surface area contributed by atoms with E-state index in [0.717, 1.165) is 18.2 Å². The molecule has 0 saturated heterocycles. The number of methoxy groups -OCH3 is 1. The summed E-state index contributed by atoms with van der Waals surface area (Å²) < 4.78 is 44.0. The summed E-state index contributed by atoms with van der Waals surface area (Å²) in [6.45, 7) is 1.62. The zero-order valence-corrected chi connectivity index (χ0v) is 16.5. The highest BCUT2D eigenvalue weighted by molar-refractivity contribution is 6.31. The summed E-state index contributed by atoms with van der Waals surface area (Å²) in [5.74, 6) is -0.431. The Morgan fingerprint density at radius 1 is 1.13 bits per heavy atom. The molecule has 0 bridgehead atoms. The largest absolute Gasteiger partial charge is 0.480 e. The molecular weight excluding hydrogens is 423 g/mol. The first-order valence-electron chi connectivity index (χ1n) is 8.56. The number of hydrogen-bond acceptors (Lipinski definition) is 6. The minimum atomic E-state index is -4.63. The summed E-state index contributed by atoms with van der Waals surface area (Å²) in [7, 11) is 1.45. The summed E-state index contributed by atoms with van der Waals surface area (Å²) in [5, 5.41) is 10.3. The molecule has 11 heteroatoms. The number of carbonyl (C=O) groups excluding carboxylic acids is 1. The Balaban J connectivity index is 1.87. The standard InChI is InChI=1S/C19H15ClF3N5O2/c1-10(26-18(29)11-7-12(19(21,22)23)9-13(20)8-11)16-17(25-6-5-24-16)14-3-4-15(30-2)28-27-14/h3-10H,1-2H3,(H,26,29). The lowest BCUT2D eigenvalue weighted by atomic mass is 10.1. The summed E-state index contributed by atoms with van der Waals surface area (Å²) in [5.41, 5.74) is -0.120. The average molecular weight is 438 g/mol. The number of alkyl halides is 3. The first kappa shape index (κ1) is 21.4. The van der Waals surface area contributed by atoms with Crippen LogP contribution in [0.1, 0.15) is 34.6 Å². The van der Waals surface area contributed by atoms with E-state index in [1.807, 2.05) is 0 Å². The fourth-order valence-corrected chi connectivity index (χ4v) is 2.89. The minimum absolute atomic E-state index is 0.198. The predicted octanol–water partition coefficient (Wildman–Crippen LogP) is 4.11. The first-order chi connectivity index (χ1) is 14.2. The van der Waals surface area contributed by atoms with E-state index >= 15 is 0 Å². The molecule has 2 aromatic heterocycles. The van der Waals surface area contributed by atoms with Crippen LogP contribution in [0.5, 0.6) is 5.88 Å². The zero-order valence-electron chi connectivity index (χ0n) is 15.7. The second kappa shape index (κ2) is 8.62. The third-order valence-corrected chi connectivity index (χ3v) is 4.28. The van der Waals surface area contributed by atoms with E-state index in [1.54, 1.807) is 19.1 Å². The van der Waals surface area contributed by atoms with Crippen molar-refractivity contribution in [3.63, 3.8) is 0 Å². The molecule has 1 aromatic carbocycles. The van der Waals surface area contributed by atoms with Crippen molar-refractivity contribution in [3.8, 4) is 17.3 Å². The second-order valence-electron chi connectivity index (χ2n) is 6.17. The van der Waals surface area contributed by atoms with Gasteiger partial charge in [-0.1, -0.05) is 11.6 Å². The number of nitrogens with zero attached hydrogens (tertiary/aromatic N) is 4. The highest BCUT2D eigenvalue weighted by atomic mass is 35.5. The smallest absolute Gasteiger partial charge is 0.416 e. The number of nitrogens with one attached hydrogen (secondary N) is 1. The van der Waals surface area contributed by atoms with Gasteiger partial charge in [0.15, 0.2) is 0 Å². The van der Waals surface area contributed by atoms with Gasteiger partial charge < -0.3 is 10.1 Å². The number of carbonyl (C=O) groups is 1. The van der Waals surface area contributed by atoms with Crippen LogP contribution in [0.15, 0.2) is 42.7 Å². The van der Waals surface area contributed by atoms with E-state index in [-0.39, 0.29) is 10.6 Å². The molecular formula is C19H15ClF3N5O2. The van der Waals surface area contributed by atoms with Gasteiger partial charge >= 0.3 is 6.18 Å². The fraction of sp³-hybridized carbons (Fsp3) is 0.211. The van der Waals surface area contributed by atoms with Crippen molar-refractivity contribution in [2.24, 2.45) is 0 Å². The van der Waals surface area contributed by atoms with Crippen LogP contribution in [0, 0.1) is 0 Å². The lowest BCUT2D eigenvalue weighted by Gasteiger charge is -2.17. The molecule has 1 N–H and O–H groups in total. The van der Waals surface area contributed by atoms with E-state index in [1.165, 1.54) is 19.5 Å². The summed E-state index contributed by atoms with van der Waals surface area (Å²) >= 11 is 5.76. The topological polar surface area (TPSA) is 89.9 Å². The van der Waals surface area contributed by atoms with Crippen LogP contribution in [0.3, 0.4) is 0 Å². The Bertz CT molecular complexity index is 1060. The van der Waals surface area contributed by atoms with Gasteiger partial charge in [-0.15, -0.1) is 10.2 Å². The first-order valence-corrected chi connectivity index (χ1v) is 8.94. The van der Waals surface area contributed by atoms with E-state index in [4.69, 9.17) is 16.3 Å². The number of rotatable bonds is 5. The van der Waals surface area contributed by atoms with E-state index in [9.17, 15) is 18.0 Å². The lowest BCUT2D eigenvalue weighted by molar-refractivity contribution is -0.137. The molecule has 1 amide bonds. The van der Waals surface area contributed by atoms with Crippen LogP contribution in [-0.2, 0) is 6.18 Å². The molecule has 0 fully saturated rings. The SMILES string of the molecule is COc1ccc(-c2nccnc2C(C)NC(=O)c2cc(Cl)cc(C(F)(F)F)c2)nn1. The molecule has 3 aromatic rings. The van der Waals surface area contributed by atoms with Gasteiger partial charge in [0, 0.05) is 29.0 Å². The maximum absolute atomic E-state index is 13.0. The Morgan fingerprint density at radius 2 is 1.87 bits per heavy atom. The summed E-state index contributed by atoms with van der Waals surface area (Å²) in [6, 6.07) is 5.17. The van der Waals surface area contributed by atoms with Crippen LogP contribution in [0.4, 0.5) is 13.2 Å². The van der Waals surface area contributed by atoms with Crippen molar-refractivity contribution in [2.45, 2.75) is 19.1 Å². The molecule has 0 aliphatic rings. The molecule has 1 atom stereocenters. The number of ether oxygens (including phenoxy) is 1. The van der Waals surface area contributed by atoms with E-state index in [2.05, 4.69) is 25.5 Å². The molecule has 1 unspecified atom stereocenters. The van der Waals surface area contributed by atoms with Gasteiger partial charge in [-0.25, -0.2) is 0 Å². The van der Waals surface area contributed by atoms with Crippen molar-refractivity contribution in [2.75, 3.05) is 7.11 Å². The molecule has 156 valence electrons. The van der Waals surface area contributed by atoms with Crippen LogP contribution in [0.2, 0.25) is 5.02 Å². The average Bonchev–Trinajstić information content (AvgIpc) is 2.72. The minimum Gasteiger partial charge on any atom is -0.480 e. The van der Waals surface area contributed by atoms with Gasteiger partial charge in [0.1, 0.15) is 11.4 Å². The van der Waals surface area contributed by atoms with Crippen molar-refractivity contribution in [1.29, 1.82) is 0 Å². The van der Waals surface area contributed by atoms with Gasteiger partial charge in [-0.2, -0.15) is 13.2 Å². The van der Waals surface area contributed by atoms with Gasteiger partial charge in [-0.05, 0) is 31.2 Å². The molecule has 2 heterocycles. The Morgan fingerprint density at radius 3 is 2.50 bits per heavy atom. The molecule has 0 saturated carbocycles. The van der Waals surface area contributed by atoms with Gasteiger partial charge in [0.25, 0.3) is 5.91 Å². The molecule has 0 spiro atoms. The van der Waals surface area contributed by atoms with Crippen molar-refractivity contribution in [3.05, 3.63) is 64.6 Å². The quantitative estimate of drug-likeness (QED) is 0.646. The zero-order chi connectivity index (χ0) is 21.9.